The van der Waals surface area contributed by atoms with E-state index in [1.807, 2.05) is 36.5 Å². The Morgan fingerprint density at radius 2 is 2.11 bits per heavy atom. The molecular weight excluding hydrogens is 224 g/mol. The van der Waals surface area contributed by atoms with Crippen LogP contribution in [0.5, 0.6) is 0 Å². The molecule has 1 aromatic heterocycles. The minimum absolute atomic E-state index is 0.755. The maximum atomic E-state index is 5.75. The molecule has 0 amide bonds. The minimum Gasteiger partial charge on any atom is -0.399 e. The van der Waals surface area contributed by atoms with Gasteiger partial charge in [0, 0.05) is 23.3 Å². The lowest BCUT2D eigenvalue weighted by atomic mass is 10.2. The highest BCUT2D eigenvalue weighted by atomic mass is 15.1. The molecule has 0 radical (unpaired) electrons. The summed E-state index contributed by atoms with van der Waals surface area (Å²) < 4.78 is 0. The SMILES string of the molecule is Nc1cccc(CNc2ccc3cn[nH]c3c2)c1. The number of rotatable bonds is 3. The van der Waals surface area contributed by atoms with Crippen molar-refractivity contribution in [3.63, 3.8) is 0 Å². The fourth-order valence-corrected chi connectivity index (χ4v) is 1.95. The summed E-state index contributed by atoms with van der Waals surface area (Å²) in [5, 5.41) is 11.4. The van der Waals surface area contributed by atoms with Crippen LogP contribution in [0, 0.1) is 0 Å². The number of anilines is 2. The number of aromatic nitrogens is 2. The first-order valence-corrected chi connectivity index (χ1v) is 5.83. The van der Waals surface area contributed by atoms with Gasteiger partial charge in [-0.15, -0.1) is 0 Å². The van der Waals surface area contributed by atoms with Crippen LogP contribution in [-0.4, -0.2) is 10.2 Å². The van der Waals surface area contributed by atoms with Gasteiger partial charge in [-0.1, -0.05) is 12.1 Å². The topological polar surface area (TPSA) is 66.7 Å². The summed E-state index contributed by atoms with van der Waals surface area (Å²) in [5.41, 5.74) is 9.80. The van der Waals surface area contributed by atoms with E-state index in [0.29, 0.717) is 0 Å². The van der Waals surface area contributed by atoms with E-state index in [9.17, 15) is 0 Å². The summed E-state index contributed by atoms with van der Waals surface area (Å²) >= 11 is 0. The van der Waals surface area contributed by atoms with Crippen LogP contribution >= 0.6 is 0 Å². The molecule has 4 heteroatoms. The van der Waals surface area contributed by atoms with Crippen LogP contribution in [-0.2, 0) is 6.54 Å². The van der Waals surface area contributed by atoms with Gasteiger partial charge in [0.2, 0.25) is 0 Å². The van der Waals surface area contributed by atoms with Gasteiger partial charge in [0.25, 0.3) is 0 Å². The number of nitrogen functional groups attached to an aromatic ring is 1. The molecule has 90 valence electrons. The molecule has 0 aliphatic rings. The van der Waals surface area contributed by atoms with Gasteiger partial charge in [0.05, 0.1) is 11.7 Å². The number of benzene rings is 2. The fraction of sp³-hybridized carbons (Fsp3) is 0.0714. The van der Waals surface area contributed by atoms with Gasteiger partial charge in [-0.05, 0) is 35.9 Å². The smallest absolute Gasteiger partial charge is 0.0670 e. The predicted molar refractivity (Wildman–Crippen MR) is 74.3 cm³/mol. The quantitative estimate of drug-likeness (QED) is 0.615. The molecule has 0 aliphatic heterocycles. The van der Waals surface area contributed by atoms with E-state index in [2.05, 4.69) is 27.6 Å². The Bertz CT molecular complexity index is 672. The zero-order valence-electron chi connectivity index (χ0n) is 9.85. The average Bonchev–Trinajstić information content (AvgIpc) is 2.84. The highest BCUT2D eigenvalue weighted by Crippen LogP contribution is 2.17. The first-order valence-electron chi connectivity index (χ1n) is 5.83. The Hall–Kier alpha value is -2.49. The van der Waals surface area contributed by atoms with Crippen molar-refractivity contribution in [3.05, 3.63) is 54.2 Å². The molecule has 0 atom stereocenters. The van der Waals surface area contributed by atoms with E-state index in [-0.39, 0.29) is 0 Å². The van der Waals surface area contributed by atoms with E-state index in [1.54, 1.807) is 0 Å². The lowest BCUT2D eigenvalue weighted by molar-refractivity contribution is 1.12. The van der Waals surface area contributed by atoms with Crippen molar-refractivity contribution in [3.8, 4) is 0 Å². The third-order valence-corrected chi connectivity index (χ3v) is 2.89. The largest absolute Gasteiger partial charge is 0.399 e. The van der Waals surface area contributed by atoms with Gasteiger partial charge in [-0.25, -0.2) is 0 Å². The first-order chi connectivity index (χ1) is 8.81. The molecule has 0 saturated heterocycles. The summed E-state index contributed by atoms with van der Waals surface area (Å²) in [6, 6.07) is 14.0. The molecule has 3 rings (SSSR count). The molecule has 2 aromatic carbocycles. The summed E-state index contributed by atoms with van der Waals surface area (Å²) in [6.07, 6.45) is 1.82. The van der Waals surface area contributed by atoms with Gasteiger partial charge in [-0.3, -0.25) is 5.10 Å². The van der Waals surface area contributed by atoms with Gasteiger partial charge in [0.15, 0.2) is 0 Å². The second-order valence-corrected chi connectivity index (χ2v) is 4.27. The molecule has 0 aliphatic carbocycles. The van der Waals surface area contributed by atoms with Gasteiger partial charge < -0.3 is 11.1 Å². The molecular formula is C14H14N4. The third-order valence-electron chi connectivity index (χ3n) is 2.89. The maximum Gasteiger partial charge on any atom is 0.0670 e. The number of nitrogens with two attached hydrogens (primary N) is 1. The molecule has 0 spiro atoms. The minimum atomic E-state index is 0.755. The van der Waals surface area contributed by atoms with Crippen molar-refractivity contribution in [1.82, 2.24) is 10.2 Å². The standard InChI is InChI=1S/C14H14N4/c15-12-3-1-2-10(6-12)8-16-13-5-4-11-9-17-18-14(11)7-13/h1-7,9,16H,8,15H2,(H,17,18). The van der Waals surface area contributed by atoms with Crippen molar-refractivity contribution < 1.29 is 0 Å². The van der Waals surface area contributed by atoms with Gasteiger partial charge in [0.1, 0.15) is 0 Å². The van der Waals surface area contributed by atoms with E-state index < -0.39 is 0 Å². The van der Waals surface area contributed by atoms with Gasteiger partial charge in [-0.2, -0.15) is 5.10 Å². The average molecular weight is 238 g/mol. The number of fused-ring (bicyclic) bond motifs is 1. The number of nitrogens with one attached hydrogen (secondary N) is 2. The Kier molecular flexibility index (Phi) is 2.61. The molecule has 4 nitrogen and oxygen atoms in total. The van der Waals surface area contributed by atoms with Crippen LogP contribution in [0.4, 0.5) is 11.4 Å². The lowest BCUT2D eigenvalue weighted by Crippen LogP contribution is -1.99. The van der Waals surface area contributed by atoms with Crippen molar-refractivity contribution in [1.29, 1.82) is 0 Å². The molecule has 1 heterocycles. The van der Waals surface area contributed by atoms with Crippen LogP contribution in [0.2, 0.25) is 0 Å². The predicted octanol–water partition coefficient (Wildman–Crippen LogP) is 2.76. The van der Waals surface area contributed by atoms with Crippen LogP contribution in [0.3, 0.4) is 0 Å². The molecule has 4 N–H and O–H groups in total. The van der Waals surface area contributed by atoms with Gasteiger partial charge >= 0.3 is 0 Å². The Morgan fingerprint density at radius 1 is 1.17 bits per heavy atom. The summed E-state index contributed by atoms with van der Waals surface area (Å²) in [5.74, 6) is 0. The zero-order chi connectivity index (χ0) is 12.4. The molecule has 0 unspecified atom stereocenters. The number of aromatic amines is 1. The normalized spacial score (nSPS) is 10.7. The van der Waals surface area contributed by atoms with Crippen LogP contribution in [0.1, 0.15) is 5.56 Å². The third kappa shape index (κ3) is 2.13. The zero-order valence-corrected chi connectivity index (χ0v) is 9.85. The van der Waals surface area contributed by atoms with Crippen LogP contribution in [0.15, 0.2) is 48.7 Å². The Balaban J connectivity index is 1.76. The first kappa shape index (κ1) is 10.7. The van der Waals surface area contributed by atoms with Crippen molar-refractivity contribution in [2.75, 3.05) is 11.1 Å². The van der Waals surface area contributed by atoms with E-state index in [1.165, 1.54) is 5.56 Å². The molecule has 0 fully saturated rings. The number of hydrogen-bond acceptors (Lipinski definition) is 3. The van der Waals surface area contributed by atoms with E-state index in [0.717, 1.165) is 28.8 Å². The second kappa shape index (κ2) is 4.41. The molecule has 18 heavy (non-hydrogen) atoms. The summed E-state index contributed by atoms with van der Waals surface area (Å²) in [4.78, 5) is 0. The second-order valence-electron chi connectivity index (χ2n) is 4.27. The number of H-pyrrole nitrogens is 1. The number of hydrogen-bond donors (Lipinski definition) is 3. The molecule has 3 aromatic rings. The monoisotopic (exact) mass is 238 g/mol. The molecule has 0 bridgehead atoms. The number of nitrogens with zero attached hydrogens (tertiary/aromatic N) is 1. The van der Waals surface area contributed by atoms with Crippen LogP contribution in [0.25, 0.3) is 10.9 Å². The Labute approximate surface area is 105 Å². The summed E-state index contributed by atoms with van der Waals surface area (Å²) in [6.45, 7) is 0.755. The fourth-order valence-electron chi connectivity index (χ4n) is 1.95. The van der Waals surface area contributed by atoms with Crippen molar-refractivity contribution in [2.45, 2.75) is 6.54 Å². The lowest BCUT2D eigenvalue weighted by Gasteiger charge is -2.07. The van der Waals surface area contributed by atoms with Crippen LogP contribution < -0.4 is 11.1 Å². The maximum absolute atomic E-state index is 5.75. The van der Waals surface area contributed by atoms with Crippen molar-refractivity contribution in [2.24, 2.45) is 0 Å². The summed E-state index contributed by atoms with van der Waals surface area (Å²) in [7, 11) is 0. The molecule has 0 saturated carbocycles. The highest BCUT2D eigenvalue weighted by Gasteiger charge is 1.98. The highest BCUT2D eigenvalue weighted by molar-refractivity contribution is 5.81. The van der Waals surface area contributed by atoms with E-state index in [4.69, 9.17) is 5.73 Å². The van der Waals surface area contributed by atoms with Crippen molar-refractivity contribution >= 4 is 22.3 Å². The van der Waals surface area contributed by atoms with E-state index >= 15 is 0 Å². The Morgan fingerprint density at radius 3 is 3.00 bits per heavy atom.